The van der Waals surface area contributed by atoms with Gasteiger partial charge in [0.25, 0.3) is 0 Å². The molecule has 0 bridgehead atoms. The summed E-state index contributed by atoms with van der Waals surface area (Å²) in [6.45, 7) is 3.83. The number of halogens is 1. The van der Waals surface area contributed by atoms with Crippen LogP contribution in [0.1, 0.15) is 43.6 Å². The Hall–Kier alpha value is -1.99. The van der Waals surface area contributed by atoms with Crippen molar-refractivity contribution in [3.8, 4) is 0 Å². The number of hydrogen-bond donors (Lipinski definition) is 2. The number of hydrogen-bond acceptors (Lipinski definition) is 4. The molecule has 1 aliphatic rings. The molecule has 29 heavy (non-hydrogen) atoms. The minimum Gasteiger partial charge on any atom is -0.405 e. The van der Waals surface area contributed by atoms with Crippen LogP contribution in [0, 0.1) is 5.92 Å². The average Bonchev–Trinajstić information content (AvgIpc) is 3.16. The van der Waals surface area contributed by atoms with E-state index in [1.54, 1.807) is 24.3 Å². The molecule has 0 aromatic heterocycles. The summed E-state index contributed by atoms with van der Waals surface area (Å²) >= 11 is 6.21. The molecular weight excluding hydrogens is 407 g/mol. The van der Waals surface area contributed by atoms with Crippen LogP contribution in [0.5, 0.6) is 0 Å². The van der Waals surface area contributed by atoms with Gasteiger partial charge < -0.3 is 11.1 Å². The molecular formula is C21H26BClN2O3S. The molecule has 5 nitrogen and oxygen atoms in total. The van der Waals surface area contributed by atoms with E-state index in [9.17, 15) is 13.2 Å². The molecule has 1 fully saturated rings. The fourth-order valence-electron chi connectivity index (χ4n) is 3.55. The molecule has 1 amide bonds. The van der Waals surface area contributed by atoms with Crippen LogP contribution in [0.25, 0.3) is 0 Å². The summed E-state index contributed by atoms with van der Waals surface area (Å²) < 4.78 is 23.7. The van der Waals surface area contributed by atoms with Crippen molar-refractivity contribution in [3.05, 3.63) is 64.9 Å². The van der Waals surface area contributed by atoms with E-state index in [-0.39, 0.29) is 15.8 Å². The monoisotopic (exact) mass is 432 g/mol. The zero-order valence-electron chi connectivity index (χ0n) is 16.5. The second-order valence-electron chi connectivity index (χ2n) is 7.42. The number of rotatable bonds is 8. The van der Waals surface area contributed by atoms with Crippen molar-refractivity contribution >= 4 is 35.2 Å². The van der Waals surface area contributed by atoms with Gasteiger partial charge in [-0.2, -0.15) is 0 Å². The summed E-state index contributed by atoms with van der Waals surface area (Å²) in [6, 6.07) is 4.70. The quantitative estimate of drug-likeness (QED) is 0.485. The Kier molecular flexibility index (Phi) is 8.17. The molecule has 2 radical (unpaired) electrons. The predicted octanol–water partition coefficient (Wildman–Crippen LogP) is 3.56. The largest absolute Gasteiger partial charge is 0.405 e. The van der Waals surface area contributed by atoms with Crippen molar-refractivity contribution in [1.82, 2.24) is 5.32 Å². The van der Waals surface area contributed by atoms with Crippen LogP contribution in [0.2, 0.25) is 5.02 Å². The molecule has 1 saturated carbocycles. The number of nitrogens with one attached hydrogen (secondary N) is 1. The van der Waals surface area contributed by atoms with Gasteiger partial charge in [-0.05, 0) is 42.3 Å². The second kappa shape index (κ2) is 10.2. The highest BCUT2D eigenvalue weighted by Gasteiger charge is 2.28. The third-order valence-electron chi connectivity index (χ3n) is 5.07. The minimum absolute atomic E-state index is 0.0549. The zero-order valence-corrected chi connectivity index (χ0v) is 18.1. The van der Waals surface area contributed by atoms with E-state index in [0.717, 1.165) is 31.9 Å². The summed E-state index contributed by atoms with van der Waals surface area (Å²) in [7, 11) is 2.17. The van der Waals surface area contributed by atoms with Crippen molar-refractivity contribution < 1.29 is 13.2 Å². The van der Waals surface area contributed by atoms with E-state index < -0.39 is 15.8 Å². The van der Waals surface area contributed by atoms with Crippen molar-refractivity contribution in [3.63, 3.8) is 0 Å². The lowest BCUT2D eigenvalue weighted by Crippen LogP contribution is -2.29. The molecule has 0 aliphatic heterocycles. The molecule has 1 atom stereocenters. The van der Waals surface area contributed by atoms with Crippen LogP contribution in [0.4, 0.5) is 0 Å². The highest BCUT2D eigenvalue weighted by molar-refractivity contribution is 7.90. The predicted molar refractivity (Wildman–Crippen MR) is 118 cm³/mol. The number of allylic oxidation sites excluding steroid dienone is 3. The number of carbonyl (C=O) groups is 1. The first-order chi connectivity index (χ1) is 13.6. The van der Waals surface area contributed by atoms with Gasteiger partial charge in [0.1, 0.15) is 7.85 Å². The molecule has 8 heteroatoms. The fourth-order valence-corrected chi connectivity index (χ4v) is 4.89. The number of sulfone groups is 1. The van der Waals surface area contributed by atoms with Crippen LogP contribution >= 0.6 is 11.6 Å². The highest BCUT2D eigenvalue weighted by atomic mass is 35.5. The molecule has 1 aromatic rings. The SMILES string of the molecule is [B]C(/C=C\C(=C)NC(=O)C(CC1CCCC1)c1ccc(S(C)(=O)=O)c(Cl)c1)=C/N. The lowest BCUT2D eigenvalue weighted by molar-refractivity contribution is -0.122. The van der Waals surface area contributed by atoms with Gasteiger partial charge >= 0.3 is 0 Å². The molecule has 0 spiro atoms. The summed E-state index contributed by atoms with van der Waals surface area (Å²) in [6.07, 6.45) is 10.6. The summed E-state index contributed by atoms with van der Waals surface area (Å²) in [5, 5.41) is 2.91. The molecule has 2 rings (SSSR count). The first-order valence-corrected chi connectivity index (χ1v) is 11.7. The van der Waals surface area contributed by atoms with Crippen molar-refractivity contribution in [2.45, 2.75) is 42.9 Å². The van der Waals surface area contributed by atoms with Gasteiger partial charge in [0.05, 0.1) is 15.8 Å². The van der Waals surface area contributed by atoms with Gasteiger partial charge in [-0.15, -0.1) is 0 Å². The summed E-state index contributed by atoms with van der Waals surface area (Å²) in [5.41, 5.74) is 6.74. The lowest BCUT2D eigenvalue weighted by atomic mass is 9.87. The normalized spacial score (nSPS) is 16.8. The lowest BCUT2D eigenvalue weighted by Gasteiger charge is -2.21. The van der Waals surface area contributed by atoms with Crippen LogP contribution in [-0.4, -0.2) is 28.4 Å². The molecule has 0 saturated heterocycles. The topological polar surface area (TPSA) is 89.3 Å². The van der Waals surface area contributed by atoms with E-state index in [2.05, 4.69) is 11.9 Å². The van der Waals surface area contributed by atoms with Gasteiger partial charge in [-0.25, -0.2) is 8.42 Å². The Labute approximate surface area is 179 Å². The second-order valence-corrected chi connectivity index (χ2v) is 9.81. The smallest absolute Gasteiger partial charge is 0.231 e. The number of nitrogens with two attached hydrogens (primary N) is 1. The van der Waals surface area contributed by atoms with Crippen LogP contribution in [0.3, 0.4) is 0 Å². The van der Waals surface area contributed by atoms with E-state index in [4.69, 9.17) is 25.2 Å². The molecule has 1 aliphatic carbocycles. The molecule has 3 N–H and O–H groups in total. The first kappa shape index (κ1) is 23.3. The molecule has 154 valence electrons. The van der Waals surface area contributed by atoms with E-state index in [1.165, 1.54) is 12.3 Å². The summed E-state index contributed by atoms with van der Waals surface area (Å²) in [5.74, 6) is -0.236. The standard InChI is InChI=1S/C21H26BClN2O3S/c1-14(7-9-17(22)13-24)25-21(26)18(11-15-5-3-4-6-15)16-8-10-20(19(23)12-16)29(2,27)28/h7-10,12-13,15,18H,1,3-6,11,24H2,2H3,(H,25,26)/b9-7-,17-13+. The van der Waals surface area contributed by atoms with Crippen LogP contribution < -0.4 is 11.1 Å². The highest BCUT2D eigenvalue weighted by Crippen LogP contribution is 2.36. The van der Waals surface area contributed by atoms with Crippen molar-refractivity contribution in [2.24, 2.45) is 11.7 Å². The minimum atomic E-state index is -3.44. The number of carbonyl (C=O) groups excluding carboxylic acids is 1. The zero-order chi connectivity index (χ0) is 21.6. The maximum Gasteiger partial charge on any atom is 0.231 e. The van der Waals surface area contributed by atoms with Crippen molar-refractivity contribution in [2.75, 3.05) is 6.26 Å². The fraction of sp³-hybridized carbons (Fsp3) is 0.381. The third kappa shape index (κ3) is 6.79. The Balaban J connectivity index is 2.27. The maximum atomic E-state index is 13.0. The number of amides is 1. The van der Waals surface area contributed by atoms with Gasteiger partial charge in [0, 0.05) is 12.0 Å². The van der Waals surface area contributed by atoms with Gasteiger partial charge in [0.15, 0.2) is 9.84 Å². The third-order valence-corrected chi connectivity index (χ3v) is 6.65. The van der Waals surface area contributed by atoms with E-state index in [1.807, 2.05) is 0 Å². The van der Waals surface area contributed by atoms with Crippen LogP contribution in [-0.2, 0) is 14.6 Å². The molecule has 1 aromatic carbocycles. The Morgan fingerprint density at radius 3 is 2.59 bits per heavy atom. The van der Waals surface area contributed by atoms with Crippen LogP contribution in [0.15, 0.2) is 59.2 Å². The Morgan fingerprint density at radius 2 is 2.03 bits per heavy atom. The summed E-state index contributed by atoms with van der Waals surface area (Å²) in [4.78, 5) is 13.1. The Bertz CT molecular complexity index is 935. The average molecular weight is 433 g/mol. The number of benzene rings is 1. The van der Waals surface area contributed by atoms with E-state index in [0.29, 0.717) is 29.1 Å². The Morgan fingerprint density at radius 1 is 1.38 bits per heavy atom. The van der Waals surface area contributed by atoms with E-state index >= 15 is 0 Å². The first-order valence-electron chi connectivity index (χ1n) is 9.46. The van der Waals surface area contributed by atoms with Crippen molar-refractivity contribution in [1.29, 1.82) is 0 Å². The van der Waals surface area contributed by atoms with Gasteiger partial charge in [-0.3, -0.25) is 4.79 Å². The molecule has 0 heterocycles. The maximum absolute atomic E-state index is 13.0. The van der Waals surface area contributed by atoms with Gasteiger partial charge in [0.2, 0.25) is 5.91 Å². The molecule has 1 unspecified atom stereocenters. The van der Waals surface area contributed by atoms with Gasteiger partial charge in [-0.1, -0.05) is 61.5 Å².